The van der Waals surface area contributed by atoms with Gasteiger partial charge in [-0.3, -0.25) is 9.59 Å². The molecule has 0 N–H and O–H groups in total. The summed E-state index contributed by atoms with van der Waals surface area (Å²) >= 11 is 0. The van der Waals surface area contributed by atoms with Crippen molar-refractivity contribution in [3.05, 3.63) is 11.8 Å². The highest BCUT2D eigenvalue weighted by Gasteiger charge is 2.68. The highest BCUT2D eigenvalue weighted by molar-refractivity contribution is 5.91. The molecule has 5 rings (SSSR count). The van der Waals surface area contributed by atoms with E-state index in [9.17, 15) is 9.59 Å². The molecule has 1 saturated heterocycles. The third-order valence-corrected chi connectivity index (χ3v) is 7.44. The van der Waals surface area contributed by atoms with Gasteiger partial charge in [0.25, 0.3) is 0 Å². The molecule has 2 aliphatic carbocycles. The van der Waals surface area contributed by atoms with Crippen molar-refractivity contribution in [1.29, 1.82) is 0 Å². The lowest BCUT2D eigenvalue weighted by Gasteiger charge is -2.53. The van der Waals surface area contributed by atoms with E-state index in [-0.39, 0.29) is 34.7 Å². The topological polar surface area (TPSA) is 92.8 Å². The van der Waals surface area contributed by atoms with Crippen LogP contribution in [0.1, 0.15) is 52.4 Å². The normalized spacial score (nSPS) is 50.3. The molecule has 0 amide bonds. The van der Waals surface area contributed by atoms with Crippen LogP contribution in [-0.2, 0) is 14.3 Å². The van der Waals surface area contributed by atoms with Crippen molar-refractivity contribution in [3.63, 3.8) is 0 Å². The number of carbonyl (C=O) groups is 2. The van der Waals surface area contributed by atoms with Crippen molar-refractivity contribution in [2.45, 2.75) is 70.2 Å². The summed E-state index contributed by atoms with van der Waals surface area (Å²) in [7, 11) is 0. The number of nitrogens with zero attached hydrogens (tertiary/aromatic N) is 4. The summed E-state index contributed by atoms with van der Waals surface area (Å²) in [6.45, 7) is 4.35. The lowest BCUT2D eigenvalue weighted by molar-refractivity contribution is -0.162. The van der Waals surface area contributed by atoms with E-state index < -0.39 is 5.72 Å². The molecule has 7 nitrogen and oxygen atoms in total. The number of allylic oxidation sites excluding steroid dienone is 2. The number of rotatable bonds is 0. The number of ether oxygens (including phenoxy) is 1. The summed E-state index contributed by atoms with van der Waals surface area (Å²) in [4.78, 5) is 23.6. The van der Waals surface area contributed by atoms with E-state index in [1.165, 1.54) is 0 Å². The molecule has 2 fully saturated rings. The molecular weight excluding hydrogens is 320 g/mol. The molecule has 6 atom stereocenters. The van der Waals surface area contributed by atoms with Crippen LogP contribution >= 0.6 is 0 Å². The Morgan fingerprint density at radius 2 is 1.96 bits per heavy atom. The zero-order chi connectivity index (χ0) is 17.4. The lowest BCUT2D eigenvalue weighted by atomic mass is 9.54. The first-order chi connectivity index (χ1) is 11.9. The second-order valence-electron chi connectivity index (χ2n) is 8.60. The maximum atomic E-state index is 11.8. The smallest absolute Gasteiger partial charge is 0.308 e. The number of azo groups is 2. The second-order valence-corrected chi connectivity index (χ2v) is 8.60. The first kappa shape index (κ1) is 15.3. The van der Waals surface area contributed by atoms with E-state index in [4.69, 9.17) is 4.74 Å². The Kier molecular flexibility index (Phi) is 2.84. The Balaban J connectivity index is 1.55. The Labute approximate surface area is 146 Å². The molecular formula is C18H22N4O3. The number of esters is 1. The summed E-state index contributed by atoms with van der Waals surface area (Å²) in [5, 5.41) is 18.1. The minimum absolute atomic E-state index is 0.0588. The van der Waals surface area contributed by atoms with E-state index in [1.54, 1.807) is 6.08 Å². The first-order valence-electron chi connectivity index (χ1n) is 9.18. The molecule has 0 radical (unpaired) electrons. The van der Waals surface area contributed by atoms with Crippen LogP contribution in [0.5, 0.6) is 0 Å². The fraction of sp³-hybridized carbons (Fsp3) is 0.778. The predicted octanol–water partition coefficient (Wildman–Crippen LogP) is 3.36. The van der Waals surface area contributed by atoms with Crippen LogP contribution in [0.25, 0.3) is 0 Å². The number of fused-ring (bicyclic) bond motifs is 6. The van der Waals surface area contributed by atoms with Gasteiger partial charge in [0.1, 0.15) is 6.04 Å². The van der Waals surface area contributed by atoms with Crippen LogP contribution in [-0.4, -0.2) is 29.6 Å². The van der Waals surface area contributed by atoms with Crippen molar-refractivity contribution < 1.29 is 14.3 Å². The molecule has 0 aromatic heterocycles. The van der Waals surface area contributed by atoms with E-state index in [0.717, 1.165) is 25.0 Å². The SMILES string of the molecule is CC12CCC(=O)C=C1N=NC1C2CCC2(C)C1N=NC21CCC(=O)O1. The molecule has 0 aromatic carbocycles. The van der Waals surface area contributed by atoms with Gasteiger partial charge >= 0.3 is 5.97 Å². The van der Waals surface area contributed by atoms with Crippen molar-refractivity contribution >= 4 is 11.8 Å². The maximum absolute atomic E-state index is 11.8. The van der Waals surface area contributed by atoms with Crippen LogP contribution in [0, 0.1) is 16.7 Å². The van der Waals surface area contributed by atoms with Gasteiger partial charge in [0, 0.05) is 24.3 Å². The van der Waals surface area contributed by atoms with Crippen LogP contribution in [0.4, 0.5) is 0 Å². The van der Waals surface area contributed by atoms with Gasteiger partial charge in [-0.2, -0.15) is 15.3 Å². The minimum atomic E-state index is -0.811. The molecule has 1 spiro atoms. The van der Waals surface area contributed by atoms with Crippen molar-refractivity contribution in [2.24, 2.45) is 37.2 Å². The predicted molar refractivity (Wildman–Crippen MR) is 86.6 cm³/mol. The first-order valence-corrected chi connectivity index (χ1v) is 9.18. The Morgan fingerprint density at radius 1 is 1.12 bits per heavy atom. The monoisotopic (exact) mass is 342 g/mol. The standard InChI is InChI=1S/C18H22N4O3/c1-16-6-3-10(23)9-12(16)19-20-14-11(16)4-7-17(2)15(14)21-22-18(17)8-5-13(24)25-18/h9,11,14-15H,3-8H2,1-2H3. The number of hydrogen-bond donors (Lipinski definition) is 0. The molecule has 3 heterocycles. The summed E-state index contributed by atoms with van der Waals surface area (Å²) in [6.07, 6.45) is 5.93. The van der Waals surface area contributed by atoms with E-state index in [0.29, 0.717) is 25.2 Å². The van der Waals surface area contributed by atoms with Gasteiger partial charge < -0.3 is 4.74 Å². The summed E-state index contributed by atoms with van der Waals surface area (Å²) in [6, 6.07) is -0.173. The molecule has 7 heteroatoms. The molecule has 1 saturated carbocycles. The third kappa shape index (κ3) is 1.76. The number of ketones is 1. The Bertz CT molecular complexity index is 774. The quantitative estimate of drug-likeness (QED) is 0.632. The average molecular weight is 342 g/mol. The summed E-state index contributed by atoms with van der Waals surface area (Å²) in [5.41, 5.74) is -0.430. The van der Waals surface area contributed by atoms with Crippen LogP contribution in [0.3, 0.4) is 0 Å². The third-order valence-electron chi connectivity index (χ3n) is 7.44. The molecule has 0 bridgehead atoms. The molecule has 6 unspecified atom stereocenters. The van der Waals surface area contributed by atoms with Crippen LogP contribution in [0.15, 0.2) is 32.2 Å². The summed E-state index contributed by atoms with van der Waals surface area (Å²) < 4.78 is 5.68. The van der Waals surface area contributed by atoms with Gasteiger partial charge in [0.2, 0.25) is 5.72 Å². The molecule has 3 aliphatic heterocycles. The largest absolute Gasteiger partial charge is 0.435 e. The van der Waals surface area contributed by atoms with Gasteiger partial charge in [-0.05, 0) is 25.2 Å². The van der Waals surface area contributed by atoms with Gasteiger partial charge in [-0.1, -0.05) is 13.8 Å². The summed E-state index contributed by atoms with van der Waals surface area (Å²) in [5.74, 6) is 0.257. The van der Waals surface area contributed by atoms with Crippen molar-refractivity contribution in [1.82, 2.24) is 0 Å². The fourth-order valence-electron chi connectivity index (χ4n) is 5.68. The number of carbonyl (C=O) groups excluding carboxylic acids is 2. The maximum Gasteiger partial charge on any atom is 0.308 e. The van der Waals surface area contributed by atoms with Crippen molar-refractivity contribution in [2.75, 3.05) is 0 Å². The highest BCUT2D eigenvalue weighted by Crippen LogP contribution is 2.63. The van der Waals surface area contributed by atoms with E-state index in [2.05, 4.69) is 34.3 Å². The van der Waals surface area contributed by atoms with Gasteiger partial charge in [0.15, 0.2) is 5.78 Å². The van der Waals surface area contributed by atoms with Crippen LogP contribution in [0.2, 0.25) is 0 Å². The van der Waals surface area contributed by atoms with Gasteiger partial charge in [0.05, 0.1) is 23.6 Å². The average Bonchev–Trinajstić information content (AvgIpc) is 3.10. The lowest BCUT2D eigenvalue weighted by Crippen LogP contribution is -2.58. The fourth-order valence-corrected chi connectivity index (χ4v) is 5.68. The highest BCUT2D eigenvalue weighted by atomic mass is 16.6. The van der Waals surface area contributed by atoms with Gasteiger partial charge in [-0.25, -0.2) is 0 Å². The molecule has 0 aromatic rings. The molecule has 25 heavy (non-hydrogen) atoms. The molecule has 5 aliphatic rings. The Hall–Kier alpha value is -1.92. The van der Waals surface area contributed by atoms with E-state index in [1.807, 2.05) is 0 Å². The zero-order valence-corrected chi connectivity index (χ0v) is 14.6. The van der Waals surface area contributed by atoms with Crippen molar-refractivity contribution in [3.8, 4) is 0 Å². The van der Waals surface area contributed by atoms with E-state index >= 15 is 0 Å². The van der Waals surface area contributed by atoms with Gasteiger partial charge in [-0.15, -0.1) is 5.11 Å². The Morgan fingerprint density at radius 3 is 2.72 bits per heavy atom. The zero-order valence-electron chi connectivity index (χ0n) is 14.6. The van der Waals surface area contributed by atoms with Crippen LogP contribution < -0.4 is 0 Å². The molecule has 132 valence electrons. The second kappa shape index (κ2) is 4.62. The minimum Gasteiger partial charge on any atom is -0.435 e. The number of hydrogen-bond acceptors (Lipinski definition) is 7.